The molecule has 0 saturated carbocycles. The van der Waals surface area contributed by atoms with Crippen LogP contribution in [0.3, 0.4) is 0 Å². The maximum atomic E-state index is 5.14. The van der Waals surface area contributed by atoms with E-state index in [4.69, 9.17) is 17.2 Å². The van der Waals surface area contributed by atoms with Crippen molar-refractivity contribution in [1.82, 2.24) is 15.0 Å². The maximum absolute atomic E-state index is 5.14. The molecule has 0 spiro atoms. The third kappa shape index (κ3) is 2.17. The van der Waals surface area contributed by atoms with Gasteiger partial charge in [-0.3, -0.25) is 0 Å². The molecule has 1 rings (SSSR count). The van der Waals surface area contributed by atoms with Crippen LogP contribution in [-0.4, -0.2) is 15.0 Å². The summed E-state index contributed by atoms with van der Waals surface area (Å²) in [5.74, 6) is 0.125. The first-order valence-corrected chi connectivity index (χ1v) is 2.21. The predicted octanol–water partition coefficient (Wildman–Crippen LogP) is -0.764. The summed E-state index contributed by atoms with van der Waals surface area (Å²) >= 11 is 0. The fourth-order valence-electron chi connectivity index (χ4n) is 0.427. The second kappa shape index (κ2) is 3.34. The SMILES string of the molecule is I.Nc1nc(N)nc(N)n1. The summed E-state index contributed by atoms with van der Waals surface area (Å²) in [5.41, 5.74) is 15.4. The van der Waals surface area contributed by atoms with Crippen LogP contribution in [0, 0.1) is 0 Å². The van der Waals surface area contributed by atoms with Crippen LogP contribution in [0.15, 0.2) is 0 Å². The first kappa shape index (κ1) is 9.14. The van der Waals surface area contributed by atoms with Crippen molar-refractivity contribution in [2.24, 2.45) is 0 Å². The van der Waals surface area contributed by atoms with Crippen molar-refractivity contribution in [1.29, 1.82) is 0 Å². The normalized spacial score (nSPS) is 8.40. The Bertz CT molecular complexity index is 174. The van der Waals surface area contributed by atoms with Crippen LogP contribution in [0.4, 0.5) is 17.8 Å². The van der Waals surface area contributed by atoms with Gasteiger partial charge in [0.1, 0.15) is 0 Å². The molecule has 10 heavy (non-hydrogen) atoms. The Balaban J connectivity index is 0.000000810. The minimum absolute atomic E-state index is 0. The Morgan fingerprint density at radius 2 is 0.900 bits per heavy atom. The highest BCUT2D eigenvalue weighted by Gasteiger charge is 1.93. The van der Waals surface area contributed by atoms with E-state index in [9.17, 15) is 0 Å². The number of hydrogen-bond donors (Lipinski definition) is 3. The molecule has 0 aliphatic heterocycles. The zero-order valence-electron chi connectivity index (χ0n) is 4.98. The van der Waals surface area contributed by atoms with Gasteiger partial charge in [-0.15, -0.1) is 24.0 Å². The van der Waals surface area contributed by atoms with E-state index in [1.54, 1.807) is 0 Å². The molecule has 1 aromatic heterocycles. The van der Waals surface area contributed by atoms with Crippen LogP contribution in [0.2, 0.25) is 0 Å². The summed E-state index contributed by atoms with van der Waals surface area (Å²) in [6.07, 6.45) is 0. The highest BCUT2D eigenvalue weighted by Crippen LogP contribution is 1.97. The quantitative estimate of drug-likeness (QED) is 0.523. The van der Waals surface area contributed by atoms with Crippen LogP contribution in [0.5, 0.6) is 0 Å². The molecule has 0 saturated heterocycles. The van der Waals surface area contributed by atoms with Gasteiger partial charge in [0.15, 0.2) is 0 Å². The second-order valence-electron chi connectivity index (χ2n) is 1.41. The van der Waals surface area contributed by atoms with Gasteiger partial charge in [-0.25, -0.2) is 0 Å². The van der Waals surface area contributed by atoms with Crippen molar-refractivity contribution >= 4 is 41.8 Å². The zero-order valence-corrected chi connectivity index (χ0v) is 7.31. The lowest BCUT2D eigenvalue weighted by Gasteiger charge is -1.93. The van der Waals surface area contributed by atoms with E-state index >= 15 is 0 Å². The lowest BCUT2D eigenvalue weighted by Crippen LogP contribution is -2.05. The molecule has 56 valence electrons. The Kier molecular flexibility index (Phi) is 3.06. The standard InChI is InChI=1S/C3H6N6.HI/c4-1-7-2(5)9-3(6)8-1;/h(H6,4,5,6,7,8,9);1H. The summed E-state index contributed by atoms with van der Waals surface area (Å²) in [4.78, 5) is 10.5. The molecule has 0 bridgehead atoms. The lowest BCUT2D eigenvalue weighted by molar-refractivity contribution is 1.09. The summed E-state index contributed by atoms with van der Waals surface area (Å²) in [6, 6.07) is 0. The minimum Gasteiger partial charge on any atom is -0.368 e. The third-order valence-corrected chi connectivity index (χ3v) is 0.687. The van der Waals surface area contributed by atoms with Crippen molar-refractivity contribution in [3.8, 4) is 0 Å². The fourth-order valence-corrected chi connectivity index (χ4v) is 0.427. The molecule has 7 heteroatoms. The summed E-state index contributed by atoms with van der Waals surface area (Å²) in [7, 11) is 0. The molecule has 0 aromatic carbocycles. The van der Waals surface area contributed by atoms with Gasteiger partial charge in [0.25, 0.3) is 0 Å². The Hall–Kier alpha value is -0.860. The van der Waals surface area contributed by atoms with E-state index < -0.39 is 0 Å². The number of rotatable bonds is 0. The van der Waals surface area contributed by atoms with Crippen LogP contribution in [-0.2, 0) is 0 Å². The number of nitrogens with two attached hydrogens (primary N) is 3. The van der Waals surface area contributed by atoms with E-state index in [1.807, 2.05) is 0 Å². The monoisotopic (exact) mass is 254 g/mol. The topological polar surface area (TPSA) is 117 Å². The van der Waals surface area contributed by atoms with E-state index in [-0.39, 0.29) is 41.8 Å². The fraction of sp³-hybridized carbons (Fsp3) is 0. The van der Waals surface area contributed by atoms with E-state index in [0.717, 1.165) is 0 Å². The number of anilines is 3. The number of nitrogen functional groups attached to an aromatic ring is 3. The molecule has 0 amide bonds. The average Bonchev–Trinajstić information content (AvgIpc) is 1.59. The minimum atomic E-state index is 0. The van der Waals surface area contributed by atoms with Gasteiger partial charge in [0, 0.05) is 0 Å². The third-order valence-electron chi connectivity index (χ3n) is 0.687. The average molecular weight is 254 g/mol. The highest BCUT2D eigenvalue weighted by atomic mass is 127. The van der Waals surface area contributed by atoms with Crippen molar-refractivity contribution in [2.45, 2.75) is 0 Å². The van der Waals surface area contributed by atoms with Crippen LogP contribution in [0.25, 0.3) is 0 Å². The predicted molar refractivity (Wildman–Crippen MR) is 48.5 cm³/mol. The van der Waals surface area contributed by atoms with Crippen LogP contribution in [0.1, 0.15) is 0 Å². The molecular weight excluding hydrogens is 247 g/mol. The van der Waals surface area contributed by atoms with Crippen LogP contribution < -0.4 is 17.2 Å². The van der Waals surface area contributed by atoms with Gasteiger partial charge in [-0.2, -0.15) is 15.0 Å². The zero-order chi connectivity index (χ0) is 6.85. The molecule has 0 atom stereocenters. The number of aromatic nitrogens is 3. The molecule has 1 heterocycles. The number of halogens is 1. The van der Waals surface area contributed by atoms with Gasteiger partial charge in [-0.1, -0.05) is 0 Å². The Morgan fingerprint density at radius 1 is 0.700 bits per heavy atom. The summed E-state index contributed by atoms with van der Waals surface area (Å²) in [5, 5.41) is 0. The van der Waals surface area contributed by atoms with Crippen molar-refractivity contribution < 1.29 is 0 Å². The smallest absolute Gasteiger partial charge is 0.226 e. The second-order valence-corrected chi connectivity index (χ2v) is 1.41. The maximum Gasteiger partial charge on any atom is 0.226 e. The molecular formula is C3H7IN6. The number of nitrogens with zero attached hydrogens (tertiary/aromatic N) is 3. The molecule has 0 aliphatic carbocycles. The van der Waals surface area contributed by atoms with E-state index in [0.29, 0.717) is 0 Å². The Labute approximate surface area is 74.3 Å². The lowest BCUT2D eigenvalue weighted by atomic mass is 10.9. The summed E-state index contributed by atoms with van der Waals surface area (Å²) in [6.45, 7) is 0. The van der Waals surface area contributed by atoms with Gasteiger partial charge in [-0.05, 0) is 0 Å². The van der Waals surface area contributed by atoms with E-state index in [2.05, 4.69) is 15.0 Å². The molecule has 0 unspecified atom stereocenters. The van der Waals surface area contributed by atoms with Gasteiger partial charge in [0.05, 0.1) is 0 Å². The van der Waals surface area contributed by atoms with Crippen molar-refractivity contribution in [2.75, 3.05) is 17.2 Å². The molecule has 6 nitrogen and oxygen atoms in total. The van der Waals surface area contributed by atoms with Crippen molar-refractivity contribution in [3.05, 3.63) is 0 Å². The molecule has 0 aliphatic rings. The van der Waals surface area contributed by atoms with E-state index in [1.165, 1.54) is 0 Å². The van der Waals surface area contributed by atoms with Gasteiger partial charge >= 0.3 is 0 Å². The number of hydrogen-bond acceptors (Lipinski definition) is 6. The molecule has 0 radical (unpaired) electrons. The first-order chi connectivity index (χ1) is 4.18. The van der Waals surface area contributed by atoms with Crippen molar-refractivity contribution in [3.63, 3.8) is 0 Å². The Morgan fingerprint density at radius 3 is 1.10 bits per heavy atom. The molecule has 0 fully saturated rings. The molecule has 6 N–H and O–H groups in total. The van der Waals surface area contributed by atoms with Gasteiger partial charge < -0.3 is 17.2 Å². The van der Waals surface area contributed by atoms with Crippen LogP contribution >= 0.6 is 24.0 Å². The summed E-state index contributed by atoms with van der Waals surface area (Å²) < 4.78 is 0. The highest BCUT2D eigenvalue weighted by molar-refractivity contribution is 14.0. The molecule has 1 aromatic rings. The largest absolute Gasteiger partial charge is 0.368 e. The first-order valence-electron chi connectivity index (χ1n) is 2.21. The van der Waals surface area contributed by atoms with Gasteiger partial charge in [0.2, 0.25) is 17.8 Å².